The molecule has 0 saturated carbocycles. The van der Waals surface area contributed by atoms with E-state index in [1.54, 1.807) is 24.3 Å². The highest BCUT2D eigenvalue weighted by Gasteiger charge is 2.22. The van der Waals surface area contributed by atoms with Crippen molar-refractivity contribution < 1.29 is 18.0 Å². The lowest BCUT2D eigenvalue weighted by Gasteiger charge is -2.14. The number of carbonyl (C=O) groups excluding carboxylic acids is 1. The molecule has 0 aliphatic rings. The number of benzene rings is 5. The van der Waals surface area contributed by atoms with Gasteiger partial charge in [-0.3, -0.25) is 8.77 Å². The van der Waals surface area contributed by atoms with Crippen LogP contribution >= 0.6 is 23.5 Å². The molecule has 1 aromatic heterocycles. The molecule has 0 bridgehead atoms. The van der Waals surface area contributed by atoms with Crippen molar-refractivity contribution in [3.05, 3.63) is 142 Å². The van der Waals surface area contributed by atoms with Gasteiger partial charge >= 0.3 is 5.91 Å². The van der Waals surface area contributed by atoms with Crippen LogP contribution in [0.3, 0.4) is 0 Å². The minimum atomic E-state index is -2.58. The predicted octanol–water partition coefficient (Wildman–Crippen LogP) is 10.8. The number of nitroso groups, excluding NO2 is 1. The number of hydrogen-bond acceptors (Lipinski definition) is 3. The third kappa shape index (κ3) is 5.59. The van der Waals surface area contributed by atoms with E-state index in [9.17, 15) is 22.9 Å². The van der Waals surface area contributed by atoms with Crippen LogP contribution in [-0.2, 0) is 0 Å². The zero-order chi connectivity index (χ0) is 30.1. The van der Waals surface area contributed by atoms with Crippen molar-refractivity contribution >= 4 is 40.4 Å². The van der Waals surface area contributed by atoms with Crippen LogP contribution in [0, 0.1) is 10.7 Å². The first-order chi connectivity index (χ1) is 20.8. The summed E-state index contributed by atoms with van der Waals surface area (Å²) < 4.78 is 43.2. The second-order valence-electron chi connectivity index (χ2n) is 9.68. The maximum atomic E-state index is 14.7. The van der Waals surface area contributed by atoms with Crippen molar-refractivity contribution in [2.24, 2.45) is 5.18 Å². The molecule has 0 aliphatic heterocycles. The van der Waals surface area contributed by atoms with Gasteiger partial charge in [0.25, 0.3) is 6.43 Å². The molecule has 212 valence electrons. The lowest BCUT2D eigenvalue weighted by atomic mass is 9.96. The average molecular weight is 613 g/mol. The van der Waals surface area contributed by atoms with Crippen LogP contribution in [0.4, 0.5) is 13.2 Å². The Bertz CT molecular complexity index is 1990. The predicted molar refractivity (Wildman–Crippen MR) is 166 cm³/mol. The molecule has 0 N–H and O–H groups in total. The summed E-state index contributed by atoms with van der Waals surface area (Å²) in [5.74, 6) is -1.30. The fourth-order valence-corrected chi connectivity index (χ4v) is 6.34. The third-order valence-electron chi connectivity index (χ3n) is 7.02. The van der Waals surface area contributed by atoms with Gasteiger partial charge in [-0.15, -0.1) is 4.91 Å². The summed E-state index contributed by atoms with van der Waals surface area (Å²) in [7, 11) is 0. The van der Waals surface area contributed by atoms with Gasteiger partial charge in [0.15, 0.2) is 0 Å². The van der Waals surface area contributed by atoms with Crippen molar-refractivity contribution in [3.63, 3.8) is 0 Å². The number of rotatable bonds is 7. The number of aromatic nitrogens is 1. The summed E-state index contributed by atoms with van der Waals surface area (Å²) in [4.78, 5) is 23.2. The normalized spacial score (nSPS) is 11.3. The zero-order valence-electron chi connectivity index (χ0n) is 22.2. The lowest BCUT2D eigenvalue weighted by molar-refractivity contribution is 0.100. The summed E-state index contributed by atoms with van der Waals surface area (Å²) in [6, 6.07) is 32.4. The molecule has 9 heteroatoms. The number of hydrogen-bond donors (Lipinski definition) is 0. The van der Waals surface area contributed by atoms with Gasteiger partial charge in [-0.25, -0.2) is 13.2 Å². The zero-order valence-corrected chi connectivity index (χ0v) is 23.8. The lowest BCUT2D eigenvalue weighted by Crippen LogP contribution is -1.95. The molecule has 0 saturated heterocycles. The Morgan fingerprint density at radius 2 is 1.51 bits per heavy atom. The molecule has 43 heavy (non-hydrogen) atoms. The molecule has 1 amide bonds. The van der Waals surface area contributed by atoms with E-state index >= 15 is 0 Å². The first kappa shape index (κ1) is 28.5. The molecule has 0 aliphatic carbocycles. The summed E-state index contributed by atoms with van der Waals surface area (Å²) >= 11 is 7.88. The second-order valence-corrected chi connectivity index (χ2v) is 11.1. The molecule has 0 fully saturated rings. The fraction of sp³-hybridized carbons (Fsp3) is 0.0294. The van der Waals surface area contributed by atoms with Gasteiger partial charge in [0.1, 0.15) is 5.82 Å². The monoisotopic (exact) mass is 612 g/mol. The molecule has 6 rings (SSSR count). The Hall–Kier alpha value is -4.66. The van der Waals surface area contributed by atoms with E-state index in [2.05, 4.69) is 5.18 Å². The van der Waals surface area contributed by atoms with E-state index in [1.165, 1.54) is 48.3 Å². The topological polar surface area (TPSA) is 51.4 Å². The largest absolute Gasteiger partial charge is 0.316 e. The molecule has 6 aromatic rings. The van der Waals surface area contributed by atoms with Gasteiger partial charge in [-0.2, -0.15) is 0 Å². The number of fused-ring (bicyclic) bond motifs is 1. The number of carbonyl (C=O) groups is 1. The van der Waals surface area contributed by atoms with E-state index in [0.717, 1.165) is 38.4 Å². The van der Waals surface area contributed by atoms with Crippen LogP contribution in [0.2, 0.25) is 5.02 Å². The van der Waals surface area contributed by atoms with Crippen molar-refractivity contribution in [1.82, 2.24) is 3.97 Å². The van der Waals surface area contributed by atoms with Gasteiger partial charge in [0.05, 0.1) is 11.2 Å². The standard InChI is InChI=1S/C34H20ClF3N2O2S/c35-29-18-24(34(41)39-42)11-15-27(29)22-7-4-8-23(17-22)32-31(20-5-2-1-3-6-20)28-19-25(36)12-16-30(28)40(32)43-26-13-9-21(10-14-26)33(37)38/h1-19,33H. The van der Waals surface area contributed by atoms with Gasteiger partial charge in [-0.1, -0.05) is 78.3 Å². The summed E-state index contributed by atoms with van der Waals surface area (Å²) in [5, 5.41) is 3.42. The van der Waals surface area contributed by atoms with Gasteiger partial charge in [-0.05, 0) is 71.6 Å². The smallest absolute Gasteiger partial charge is 0.279 e. The quantitative estimate of drug-likeness (QED) is 0.169. The van der Waals surface area contributed by atoms with Crippen molar-refractivity contribution in [2.45, 2.75) is 11.3 Å². The number of amides is 1. The van der Waals surface area contributed by atoms with Gasteiger partial charge < -0.3 is 0 Å². The Labute approximate surface area is 253 Å². The van der Waals surface area contributed by atoms with Crippen molar-refractivity contribution in [1.29, 1.82) is 0 Å². The van der Waals surface area contributed by atoms with E-state index in [4.69, 9.17) is 11.6 Å². The summed E-state index contributed by atoms with van der Waals surface area (Å²) in [5.41, 5.74) is 5.36. The molecule has 0 radical (unpaired) electrons. The van der Waals surface area contributed by atoms with Crippen molar-refractivity contribution in [2.75, 3.05) is 0 Å². The highest BCUT2D eigenvalue weighted by molar-refractivity contribution is 7.98. The third-order valence-corrected chi connectivity index (χ3v) is 8.38. The van der Waals surface area contributed by atoms with Crippen LogP contribution in [0.15, 0.2) is 125 Å². The number of alkyl halides is 2. The average Bonchev–Trinajstić information content (AvgIpc) is 3.34. The minimum Gasteiger partial charge on any atom is -0.279 e. The van der Waals surface area contributed by atoms with E-state index in [-0.39, 0.29) is 22.0 Å². The summed E-state index contributed by atoms with van der Waals surface area (Å²) in [6.07, 6.45) is -2.58. The van der Waals surface area contributed by atoms with Crippen LogP contribution < -0.4 is 0 Å². The molecular weight excluding hydrogens is 593 g/mol. The summed E-state index contributed by atoms with van der Waals surface area (Å²) in [6.45, 7) is 0. The van der Waals surface area contributed by atoms with E-state index < -0.39 is 12.3 Å². The second kappa shape index (κ2) is 11.9. The molecule has 5 aromatic carbocycles. The fourth-order valence-electron chi connectivity index (χ4n) is 5.04. The first-order valence-electron chi connectivity index (χ1n) is 13.1. The number of halogens is 4. The molecule has 1 heterocycles. The SMILES string of the molecule is O=NC(=O)c1ccc(-c2cccc(-c3c(-c4ccccc4)c4cc(F)ccc4n3Sc3ccc(C(F)F)cc3)c2)c(Cl)c1. The number of nitrogens with zero attached hydrogens (tertiary/aromatic N) is 2. The Balaban J connectivity index is 1.58. The van der Waals surface area contributed by atoms with E-state index in [0.29, 0.717) is 10.9 Å². The van der Waals surface area contributed by atoms with Crippen molar-refractivity contribution in [3.8, 4) is 33.5 Å². The van der Waals surface area contributed by atoms with E-state index in [1.807, 2.05) is 58.6 Å². The Morgan fingerprint density at radius 3 is 2.21 bits per heavy atom. The Kier molecular flexibility index (Phi) is 7.88. The highest BCUT2D eigenvalue weighted by Crippen LogP contribution is 2.45. The van der Waals surface area contributed by atoms with Crippen LogP contribution in [0.1, 0.15) is 22.3 Å². The molecule has 0 spiro atoms. The molecule has 4 nitrogen and oxygen atoms in total. The minimum absolute atomic E-state index is 0.0739. The van der Waals surface area contributed by atoms with Crippen LogP contribution in [-0.4, -0.2) is 9.88 Å². The van der Waals surface area contributed by atoms with Gasteiger partial charge in [0.2, 0.25) is 0 Å². The molecule has 0 unspecified atom stereocenters. The van der Waals surface area contributed by atoms with Crippen LogP contribution in [0.25, 0.3) is 44.4 Å². The van der Waals surface area contributed by atoms with Gasteiger partial charge in [0, 0.05) is 48.3 Å². The molecule has 0 atom stereocenters. The molecular formula is C34H20ClF3N2O2S. The maximum absolute atomic E-state index is 14.7. The maximum Gasteiger partial charge on any atom is 0.316 e. The van der Waals surface area contributed by atoms with Crippen LogP contribution in [0.5, 0.6) is 0 Å². The highest BCUT2D eigenvalue weighted by atomic mass is 35.5. The first-order valence-corrected chi connectivity index (χ1v) is 14.2. The Morgan fingerprint density at radius 1 is 0.791 bits per heavy atom.